The summed E-state index contributed by atoms with van der Waals surface area (Å²) in [7, 11) is 0. The van der Waals surface area contributed by atoms with Crippen molar-refractivity contribution in [3.63, 3.8) is 0 Å². The Bertz CT molecular complexity index is 325. The third-order valence-electron chi connectivity index (χ3n) is 2.84. The number of nitrogens with one attached hydrogen (secondary N) is 1. The van der Waals surface area contributed by atoms with E-state index in [-0.39, 0.29) is 5.82 Å². The van der Waals surface area contributed by atoms with E-state index >= 15 is 0 Å². The average Bonchev–Trinajstić information content (AvgIpc) is 2.32. The summed E-state index contributed by atoms with van der Waals surface area (Å²) in [4.78, 5) is 10.3. The minimum Gasteiger partial charge on any atom is -0.335 e. The summed E-state index contributed by atoms with van der Waals surface area (Å²) in [5.41, 5.74) is 0. The first-order valence-electron chi connectivity index (χ1n) is 5.76. The number of aromatic nitrogens is 2. The molecule has 1 atom stereocenters. The van der Waals surface area contributed by atoms with Crippen molar-refractivity contribution in [2.24, 2.45) is 0 Å². The van der Waals surface area contributed by atoms with Gasteiger partial charge < -0.3 is 10.2 Å². The van der Waals surface area contributed by atoms with Crippen LogP contribution in [0.2, 0.25) is 0 Å². The SMILES string of the molecule is CCCC1CNCCN1c1ncc(F)cn1. The van der Waals surface area contributed by atoms with Gasteiger partial charge in [0.1, 0.15) is 0 Å². The highest BCUT2D eigenvalue weighted by molar-refractivity contribution is 5.31. The van der Waals surface area contributed by atoms with E-state index in [1.54, 1.807) is 0 Å². The highest BCUT2D eigenvalue weighted by Gasteiger charge is 2.23. The average molecular weight is 224 g/mol. The molecule has 2 rings (SSSR count). The Morgan fingerprint density at radius 2 is 2.25 bits per heavy atom. The lowest BCUT2D eigenvalue weighted by Gasteiger charge is -2.36. The van der Waals surface area contributed by atoms with Gasteiger partial charge in [0.15, 0.2) is 5.82 Å². The molecule has 1 fully saturated rings. The molecule has 1 N–H and O–H groups in total. The van der Waals surface area contributed by atoms with Gasteiger partial charge >= 0.3 is 0 Å². The molecule has 16 heavy (non-hydrogen) atoms. The molecule has 1 aliphatic rings. The van der Waals surface area contributed by atoms with Gasteiger partial charge in [0.25, 0.3) is 0 Å². The fourth-order valence-corrected chi connectivity index (χ4v) is 2.07. The van der Waals surface area contributed by atoms with Crippen molar-refractivity contribution < 1.29 is 4.39 Å². The summed E-state index contributed by atoms with van der Waals surface area (Å²) >= 11 is 0. The Morgan fingerprint density at radius 1 is 1.50 bits per heavy atom. The molecule has 0 radical (unpaired) electrons. The van der Waals surface area contributed by atoms with Crippen molar-refractivity contribution in [3.05, 3.63) is 18.2 Å². The topological polar surface area (TPSA) is 41.0 Å². The summed E-state index contributed by atoms with van der Waals surface area (Å²) in [6, 6.07) is 0.421. The third kappa shape index (κ3) is 2.47. The van der Waals surface area contributed by atoms with Crippen LogP contribution in [0.1, 0.15) is 19.8 Å². The normalized spacial score (nSPS) is 21.1. The maximum atomic E-state index is 12.7. The molecule has 0 aliphatic carbocycles. The summed E-state index contributed by atoms with van der Waals surface area (Å²) in [6.45, 7) is 4.93. The second kappa shape index (κ2) is 5.21. The van der Waals surface area contributed by atoms with Crippen LogP contribution in [0.3, 0.4) is 0 Å². The van der Waals surface area contributed by atoms with E-state index in [1.807, 2.05) is 0 Å². The molecule has 1 aromatic rings. The molecule has 1 aliphatic heterocycles. The van der Waals surface area contributed by atoms with Gasteiger partial charge in [-0.1, -0.05) is 13.3 Å². The number of nitrogens with zero attached hydrogens (tertiary/aromatic N) is 3. The zero-order valence-electron chi connectivity index (χ0n) is 9.49. The van der Waals surface area contributed by atoms with E-state index < -0.39 is 0 Å². The Hall–Kier alpha value is -1.23. The standard InChI is InChI=1S/C11H17FN4/c1-2-3-10-8-13-4-5-16(10)11-14-6-9(12)7-15-11/h6-7,10,13H,2-5,8H2,1H3. The fourth-order valence-electron chi connectivity index (χ4n) is 2.07. The van der Waals surface area contributed by atoms with Crippen molar-refractivity contribution in [2.75, 3.05) is 24.5 Å². The molecule has 0 spiro atoms. The molecule has 5 heteroatoms. The van der Waals surface area contributed by atoms with Gasteiger partial charge in [-0.15, -0.1) is 0 Å². The first-order valence-corrected chi connectivity index (χ1v) is 5.76. The molecule has 0 amide bonds. The van der Waals surface area contributed by atoms with Gasteiger partial charge in [-0.2, -0.15) is 0 Å². The first-order chi connectivity index (χ1) is 7.81. The van der Waals surface area contributed by atoms with Gasteiger partial charge in [-0.3, -0.25) is 0 Å². The Balaban J connectivity index is 2.13. The van der Waals surface area contributed by atoms with Crippen molar-refractivity contribution in [1.82, 2.24) is 15.3 Å². The van der Waals surface area contributed by atoms with Gasteiger partial charge in [-0.05, 0) is 6.42 Å². The summed E-state index contributed by atoms with van der Waals surface area (Å²) in [6.07, 6.45) is 4.69. The van der Waals surface area contributed by atoms with E-state index in [2.05, 4.69) is 27.1 Å². The van der Waals surface area contributed by atoms with Gasteiger partial charge in [0.2, 0.25) is 5.95 Å². The number of hydrogen-bond donors (Lipinski definition) is 1. The van der Waals surface area contributed by atoms with E-state index in [0.29, 0.717) is 12.0 Å². The molecular weight excluding hydrogens is 207 g/mol. The van der Waals surface area contributed by atoms with E-state index in [0.717, 1.165) is 32.5 Å². The lowest BCUT2D eigenvalue weighted by atomic mass is 10.1. The van der Waals surface area contributed by atoms with E-state index in [1.165, 1.54) is 12.4 Å². The Kier molecular flexibility index (Phi) is 3.66. The van der Waals surface area contributed by atoms with Crippen LogP contribution in [0, 0.1) is 5.82 Å². The number of piperazine rings is 1. The predicted molar refractivity (Wildman–Crippen MR) is 60.9 cm³/mol. The van der Waals surface area contributed by atoms with Gasteiger partial charge in [0, 0.05) is 25.7 Å². The largest absolute Gasteiger partial charge is 0.335 e. The van der Waals surface area contributed by atoms with Crippen molar-refractivity contribution in [1.29, 1.82) is 0 Å². The lowest BCUT2D eigenvalue weighted by molar-refractivity contribution is 0.443. The van der Waals surface area contributed by atoms with Crippen LogP contribution in [-0.4, -0.2) is 35.6 Å². The fraction of sp³-hybridized carbons (Fsp3) is 0.636. The monoisotopic (exact) mass is 224 g/mol. The zero-order valence-corrected chi connectivity index (χ0v) is 9.49. The van der Waals surface area contributed by atoms with Crippen LogP contribution in [0.25, 0.3) is 0 Å². The van der Waals surface area contributed by atoms with Gasteiger partial charge in [0.05, 0.1) is 12.4 Å². The number of hydrogen-bond acceptors (Lipinski definition) is 4. The first kappa shape index (κ1) is 11.3. The molecule has 0 aromatic carbocycles. The number of halogens is 1. The maximum Gasteiger partial charge on any atom is 0.225 e. The molecule has 1 unspecified atom stereocenters. The molecule has 2 heterocycles. The van der Waals surface area contributed by atoms with Crippen LogP contribution >= 0.6 is 0 Å². The molecule has 1 aromatic heterocycles. The highest BCUT2D eigenvalue weighted by atomic mass is 19.1. The number of rotatable bonds is 3. The van der Waals surface area contributed by atoms with Gasteiger partial charge in [-0.25, -0.2) is 14.4 Å². The molecule has 0 bridgehead atoms. The van der Waals surface area contributed by atoms with Crippen molar-refractivity contribution in [3.8, 4) is 0 Å². The van der Waals surface area contributed by atoms with Crippen LogP contribution < -0.4 is 10.2 Å². The zero-order chi connectivity index (χ0) is 11.4. The quantitative estimate of drug-likeness (QED) is 0.837. The second-order valence-electron chi connectivity index (χ2n) is 4.04. The smallest absolute Gasteiger partial charge is 0.225 e. The summed E-state index contributed by atoms with van der Waals surface area (Å²) in [5, 5.41) is 3.36. The van der Waals surface area contributed by atoms with E-state index in [9.17, 15) is 4.39 Å². The molecule has 4 nitrogen and oxygen atoms in total. The van der Waals surface area contributed by atoms with Crippen LogP contribution in [0.4, 0.5) is 10.3 Å². The van der Waals surface area contributed by atoms with Crippen molar-refractivity contribution in [2.45, 2.75) is 25.8 Å². The van der Waals surface area contributed by atoms with E-state index in [4.69, 9.17) is 0 Å². The minimum absolute atomic E-state index is 0.383. The Labute approximate surface area is 94.9 Å². The molecule has 0 saturated carbocycles. The second-order valence-corrected chi connectivity index (χ2v) is 4.04. The van der Waals surface area contributed by atoms with Crippen LogP contribution in [0.15, 0.2) is 12.4 Å². The molecule has 1 saturated heterocycles. The molecular formula is C11H17FN4. The lowest BCUT2D eigenvalue weighted by Crippen LogP contribution is -2.52. The molecule has 88 valence electrons. The minimum atomic E-state index is -0.383. The Morgan fingerprint density at radius 3 is 2.94 bits per heavy atom. The number of anilines is 1. The van der Waals surface area contributed by atoms with Crippen LogP contribution in [0.5, 0.6) is 0 Å². The summed E-state index contributed by atoms with van der Waals surface area (Å²) < 4.78 is 12.7. The third-order valence-corrected chi connectivity index (χ3v) is 2.84. The summed E-state index contributed by atoms with van der Waals surface area (Å²) in [5.74, 6) is 0.257. The van der Waals surface area contributed by atoms with Crippen LogP contribution in [-0.2, 0) is 0 Å². The maximum absolute atomic E-state index is 12.7. The van der Waals surface area contributed by atoms with Crippen molar-refractivity contribution >= 4 is 5.95 Å². The predicted octanol–water partition coefficient (Wildman–Crippen LogP) is 1.19. The highest BCUT2D eigenvalue weighted by Crippen LogP contribution is 2.15.